The summed E-state index contributed by atoms with van der Waals surface area (Å²) in [6.45, 7) is 0. The highest BCUT2D eigenvalue weighted by Gasteiger charge is 2.24. The third-order valence-corrected chi connectivity index (χ3v) is 8.19. The van der Waals surface area contributed by atoms with Gasteiger partial charge in [0.1, 0.15) is 5.00 Å². The quantitative estimate of drug-likeness (QED) is 0.617. The molecule has 1 aliphatic carbocycles. The SMILES string of the molecule is NC(=O)c1c(NC(=O)CCCS(=O)(=O)c2ccc(Cl)cc2)sc2c1CCCCC2. The summed E-state index contributed by atoms with van der Waals surface area (Å²) < 4.78 is 24.7. The van der Waals surface area contributed by atoms with Crippen molar-refractivity contribution in [3.05, 3.63) is 45.3 Å². The van der Waals surface area contributed by atoms with Gasteiger partial charge in [0.15, 0.2) is 9.84 Å². The number of aryl methyl sites for hydroxylation is 1. The van der Waals surface area contributed by atoms with Crippen LogP contribution in [-0.2, 0) is 27.5 Å². The van der Waals surface area contributed by atoms with E-state index in [1.807, 2.05) is 0 Å². The largest absolute Gasteiger partial charge is 0.365 e. The van der Waals surface area contributed by atoms with Crippen molar-refractivity contribution in [2.45, 2.75) is 49.8 Å². The van der Waals surface area contributed by atoms with Crippen LogP contribution in [0, 0.1) is 0 Å². The number of thiophene rings is 1. The molecular weight excluding hydrogens is 432 g/mol. The summed E-state index contributed by atoms with van der Waals surface area (Å²) in [7, 11) is -3.48. The van der Waals surface area contributed by atoms with Gasteiger partial charge in [0.05, 0.1) is 16.2 Å². The first-order valence-electron chi connectivity index (χ1n) is 9.50. The Morgan fingerprint density at radius 1 is 1.10 bits per heavy atom. The average molecular weight is 455 g/mol. The zero-order valence-corrected chi connectivity index (χ0v) is 18.3. The Morgan fingerprint density at radius 3 is 2.48 bits per heavy atom. The number of hydrogen-bond acceptors (Lipinski definition) is 5. The zero-order chi connectivity index (χ0) is 21.0. The van der Waals surface area contributed by atoms with Crippen LogP contribution in [0.2, 0.25) is 5.02 Å². The van der Waals surface area contributed by atoms with Gasteiger partial charge in [-0.15, -0.1) is 11.3 Å². The molecule has 9 heteroatoms. The first-order valence-corrected chi connectivity index (χ1v) is 12.3. The van der Waals surface area contributed by atoms with Crippen LogP contribution in [-0.4, -0.2) is 26.0 Å². The Balaban J connectivity index is 1.62. The summed E-state index contributed by atoms with van der Waals surface area (Å²) >= 11 is 7.19. The Hall–Kier alpha value is -1.90. The van der Waals surface area contributed by atoms with Crippen molar-refractivity contribution in [2.24, 2.45) is 5.73 Å². The van der Waals surface area contributed by atoms with E-state index in [9.17, 15) is 18.0 Å². The van der Waals surface area contributed by atoms with Crippen LogP contribution in [0.1, 0.15) is 52.9 Å². The van der Waals surface area contributed by atoms with E-state index in [2.05, 4.69) is 5.32 Å². The van der Waals surface area contributed by atoms with Crippen LogP contribution in [0.3, 0.4) is 0 Å². The van der Waals surface area contributed by atoms with Gasteiger partial charge >= 0.3 is 0 Å². The lowest BCUT2D eigenvalue weighted by molar-refractivity contribution is -0.116. The van der Waals surface area contributed by atoms with Crippen molar-refractivity contribution < 1.29 is 18.0 Å². The number of halogens is 1. The number of anilines is 1. The highest BCUT2D eigenvalue weighted by Crippen LogP contribution is 2.37. The Bertz CT molecular complexity index is 1010. The summed E-state index contributed by atoms with van der Waals surface area (Å²) in [5.41, 5.74) is 6.94. The second-order valence-electron chi connectivity index (χ2n) is 7.06. The normalized spacial score (nSPS) is 14.1. The van der Waals surface area contributed by atoms with Crippen molar-refractivity contribution in [3.63, 3.8) is 0 Å². The fourth-order valence-corrected chi connectivity index (χ4v) is 6.21. The number of hydrogen-bond donors (Lipinski definition) is 2. The van der Waals surface area contributed by atoms with Gasteiger partial charge in [-0.3, -0.25) is 9.59 Å². The third kappa shape index (κ3) is 5.38. The van der Waals surface area contributed by atoms with E-state index in [0.29, 0.717) is 15.6 Å². The van der Waals surface area contributed by atoms with Crippen LogP contribution in [0.25, 0.3) is 0 Å². The van der Waals surface area contributed by atoms with Crippen LogP contribution in [0.15, 0.2) is 29.2 Å². The lowest BCUT2D eigenvalue weighted by Crippen LogP contribution is -2.18. The minimum atomic E-state index is -3.48. The molecule has 1 aromatic carbocycles. The Labute approximate surface area is 179 Å². The number of amides is 2. The van der Waals surface area contributed by atoms with Gasteiger partial charge in [0.25, 0.3) is 5.91 Å². The first-order chi connectivity index (χ1) is 13.8. The predicted molar refractivity (Wildman–Crippen MR) is 115 cm³/mol. The van der Waals surface area contributed by atoms with Crippen molar-refractivity contribution >= 4 is 49.6 Å². The molecule has 6 nitrogen and oxygen atoms in total. The number of nitrogens with two attached hydrogens (primary N) is 1. The molecule has 0 aliphatic heterocycles. The molecule has 0 saturated heterocycles. The molecule has 0 spiro atoms. The molecule has 0 radical (unpaired) electrons. The van der Waals surface area contributed by atoms with E-state index >= 15 is 0 Å². The van der Waals surface area contributed by atoms with Gasteiger partial charge in [-0.2, -0.15) is 0 Å². The smallest absolute Gasteiger partial charge is 0.251 e. The van der Waals surface area contributed by atoms with Crippen LogP contribution < -0.4 is 11.1 Å². The van der Waals surface area contributed by atoms with Gasteiger partial charge in [-0.1, -0.05) is 18.0 Å². The van der Waals surface area contributed by atoms with Crippen molar-refractivity contribution in [3.8, 4) is 0 Å². The third-order valence-electron chi connectivity index (χ3n) is 4.91. The Morgan fingerprint density at radius 2 is 1.79 bits per heavy atom. The van der Waals surface area contributed by atoms with Gasteiger partial charge in [0, 0.05) is 16.3 Å². The second kappa shape index (κ2) is 9.28. The summed E-state index contributed by atoms with van der Waals surface area (Å²) in [4.78, 5) is 25.6. The van der Waals surface area contributed by atoms with Gasteiger partial charge in [-0.05, 0) is 61.9 Å². The maximum Gasteiger partial charge on any atom is 0.251 e. The molecule has 0 saturated carbocycles. The molecule has 2 amide bonds. The van der Waals surface area contributed by atoms with Crippen molar-refractivity contribution in [1.29, 1.82) is 0 Å². The average Bonchev–Trinajstić information content (AvgIpc) is 2.83. The number of benzene rings is 1. The van der Waals surface area contributed by atoms with Crippen molar-refractivity contribution in [1.82, 2.24) is 0 Å². The molecule has 2 aromatic rings. The zero-order valence-electron chi connectivity index (χ0n) is 15.9. The molecule has 0 atom stereocenters. The van der Waals surface area contributed by atoms with E-state index in [4.69, 9.17) is 17.3 Å². The van der Waals surface area contributed by atoms with Gasteiger partial charge in [-0.25, -0.2) is 8.42 Å². The van der Waals surface area contributed by atoms with Crippen LogP contribution >= 0.6 is 22.9 Å². The highest BCUT2D eigenvalue weighted by atomic mass is 35.5. The van der Waals surface area contributed by atoms with Crippen molar-refractivity contribution in [2.75, 3.05) is 11.1 Å². The molecule has 1 heterocycles. The number of fused-ring (bicyclic) bond motifs is 1. The first kappa shape index (κ1) is 21.8. The summed E-state index contributed by atoms with van der Waals surface area (Å²) in [5, 5.41) is 3.71. The minimum Gasteiger partial charge on any atom is -0.365 e. The van der Waals surface area contributed by atoms with E-state index in [0.717, 1.165) is 42.5 Å². The lowest BCUT2D eigenvalue weighted by atomic mass is 10.1. The molecule has 3 rings (SSSR count). The summed E-state index contributed by atoms with van der Waals surface area (Å²) in [6.07, 6.45) is 5.06. The van der Waals surface area contributed by atoms with E-state index < -0.39 is 15.7 Å². The van der Waals surface area contributed by atoms with E-state index in [1.54, 1.807) is 0 Å². The molecule has 0 bridgehead atoms. The van der Waals surface area contributed by atoms with Crippen LogP contribution in [0.4, 0.5) is 5.00 Å². The summed E-state index contributed by atoms with van der Waals surface area (Å²) in [5.74, 6) is -1.01. The molecule has 0 fully saturated rings. The highest BCUT2D eigenvalue weighted by molar-refractivity contribution is 7.91. The number of carbonyl (C=O) groups excluding carboxylic acids is 2. The maximum atomic E-state index is 12.4. The minimum absolute atomic E-state index is 0.0353. The number of carbonyl (C=O) groups is 2. The molecule has 3 N–H and O–H groups in total. The van der Waals surface area contributed by atoms with Crippen LogP contribution in [0.5, 0.6) is 0 Å². The number of primary amides is 1. The molecular formula is C20H23ClN2O4S2. The van der Waals surface area contributed by atoms with E-state index in [-0.39, 0.29) is 29.4 Å². The second-order valence-corrected chi connectivity index (χ2v) is 10.7. The predicted octanol–water partition coefficient (Wildman–Crippen LogP) is 3.96. The molecule has 1 aromatic heterocycles. The molecule has 0 unspecified atom stereocenters. The number of nitrogens with one attached hydrogen (secondary N) is 1. The maximum absolute atomic E-state index is 12.4. The number of sulfone groups is 1. The topological polar surface area (TPSA) is 106 Å². The fraction of sp³-hybridized carbons (Fsp3) is 0.400. The number of rotatable bonds is 7. The molecule has 1 aliphatic rings. The monoisotopic (exact) mass is 454 g/mol. The Kier molecular flexibility index (Phi) is 6.97. The van der Waals surface area contributed by atoms with Gasteiger partial charge in [0.2, 0.25) is 5.91 Å². The summed E-state index contributed by atoms with van der Waals surface area (Å²) in [6, 6.07) is 5.95. The standard InChI is InChI=1S/C20H23ClN2O4S2/c21-13-8-10-14(11-9-13)29(26,27)12-4-7-17(24)23-20-18(19(22)25)15-5-2-1-3-6-16(15)28-20/h8-11H,1-7,12H2,(H2,22,25)(H,23,24). The van der Waals surface area contributed by atoms with E-state index in [1.165, 1.54) is 35.6 Å². The molecule has 156 valence electrons. The molecule has 29 heavy (non-hydrogen) atoms. The fourth-order valence-electron chi connectivity index (χ4n) is 3.46. The van der Waals surface area contributed by atoms with Gasteiger partial charge < -0.3 is 11.1 Å². The lowest BCUT2D eigenvalue weighted by Gasteiger charge is -2.07.